The zero-order valence-electron chi connectivity index (χ0n) is 18.5. The third-order valence-corrected chi connectivity index (χ3v) is 4.63. The van der Waals surface area contributed by atoms with Crippen LogP contribution < -0.4 is 10.6 Å². The van der Waals surface area contributed by atoms with E-state index in [1.807, 2.05) is 67.6 Å². The molecular weight excluding hydrogens is 420 g/mol. The average Bonchev–Trinajstić information content (AvgIpc) is 2.84. The highest BCUT2D eigenvalue weighted by atomic mass is 16.7. The molecule has 0 atom stereocenters. The number of amides is 2. The fraction of sp³-hybridized carbons (Fsp3) is 0.120. The summed E-state index contributed by atoms with van der Waals surface area (Å²) in [4.78, 5) is 34.2. The standard InChI is InChI=1S/C25H24N4O4/c1-17-14-15-22(26-24(30)32-28-18(2)20-10-6-4-7-11-20)16-23(17)27-25(31)33-29-19(3)21-12-8-5-9-13-21/h4-16H,1-3H3,(H,26,30)(H,27,31). The number of nitrogens with zero attached hydrogens (tertiary/aromatic N) is 2. The first kappa shape index (κ1) is 23.2. The van der Waals surface area contributed by atoms with Gasteiger partial charge in [0, 0.05) is 11.4 Å². The Labute approximate surface area is 191 Å². The van der Waals surface area contributed by atoms with Crippen LogP contribution in [0.1, 0.15) is 30.5 Å². The van der Waals surface area contributed by atoms with Crippen molar-refractivity contribution in [3.05, 3.63) is 95.6 Å². The molecule has 0 aliphatic heterocycles. The number of carbonyl (C=O) groups excluding carboxylic acids is 2. The van der Waals surface area contributed by atoms with Gasteiger partial charge in [-0.15, -0.1) is 0 Å². The molecule has 0 saturated heterocycles. The first-order chi connectivity index (χ1) is 15.9. The van der Waals surface area contributed by atoms with Crippen molar-refractivity contribution in [1.82, 2.24) is 0 Å². The van der Waals surface area contributed by atoms with Crippen LogP contribution in [0.5, 0.6) is 0 Å². The highest BCUT2D eigenvalue weighted by Gasteiger charge is 2.10. The molecule has 33 heavy (non-hydrogen) atoms. The van der Waals surface area contributed by atoms with E-state index >= 15 is 0 Å². The van der Waals surface area contributed by atoms with Gasteiger partial charge in [-0.05, 0) is 49.6 Å². The first-order valence-corrected chi connectivity index (χ1v) is 10.2. The van der Waals surface area contributed by atoms with Gasteiger partial charge in [0.2, 0.25) is 0 Å². The number of anilines is 2. The molecule has 8 nitrogen and oxygen atoms in total. The fourth-order valence-corrected chi connectivity index (χ4v) is 2.79. The highest BCUT2D eigenvalue weighted by molar-refractivity contribution is 5.99. The Balaban J connectivity index is 1.58. The molecule has 0 saturated carbocycles. The van der Waals surface area contributed by atoms with E-state index in [9.17, 15) is 9.59 Å². The molecule has 0 bridgehead atoms. The number of aryl methyl sites for hydroxylation is 1. The summed E-state index contributed by atoms with van der Waals surface area (Å²) in [6.07, 6.45) is -1.51. The number of nitrogens with one attached hydrogen (secondary N) is 2. The minimum Gasteiger partial charge on any atom is -0.298 e. The van der Waals surface area contributed by atoms with Crippen molar-refractivity contribution < 1.29 is 19.3 Å². The number of hydrogen-bond donors (Lipinski definition) is 2. The van der Waals surface area contributed by atoms with Gasteiger partial charge >= 0.3 is 12.2 Å². The SMILES string of the molecule is CC(=NOC(=O)Nc1ccc(C)c(NC(=O)ON=C(C)c2ccccc2)c1)c1ccccc1. The van der Waals surface area contributed by atoms with Gasteiger partial charge < -0.3 is 0 Å². The molecule has 3 rings (SSSR count). The third-order valence-electron chi connectivity index (χ3n) is 4.63. The van der Waals surface area contributed by atoms with E-state index in [0.29, 0.717) is 22.8 Å². The second-order valence-corrected chi connectivity index (χ2v) is 7.12. The Morgan fingerprint density at radius 1 is 0.697 bits per heavy atom. The molecule has 0 aromatic heterocycles. The summed E-state index contributed by atoms with van der Waals surface area (Å²) in [5.74, 6) is 0. The molecule has 0 aliphatic rings. The van der Waals surface area contributed by atoms with Crippen LogP contribution in [0.2, 0.25) is 0 Å². The van der Waals surface area contributed by atoms with Gasteiger partial charge in [0.25, 0.3) is 0 Å². The van der Waals surface area contributed by atoms with Crippen LogP contribution >= 0.6 is 0 Å². The van der Waals surface area contributed by atoms with Gasteiger partial charge in [0.05, 0.1) is 11.4 Å². The average molecular weight is 444 g/mol. The normalized spacial score (nSPS) is 11.5. The zero-order valence-corrected chi connectivity index (χ0v) is 18.5. The Kier molecular flexibility index (Phi) is 7.91. The molecule has 3 aromatic rings. The minimum atomic E-state index is -0.759. The van der Waals surface area contributed by atoms with Crippen molar-refractivity contribution in [3.63, 3.8) is 0 Å². The minimum absolute atomic E-state index is 0.414. The lowest BCUT2D eigenvalue weighted by atomic mass is 10.1. The van der Waals surface area contributed by atoms with Crippen LogP contribution in [0.3, 0.4) is 0 Å². The second-order valence-electron chi connectivity index (χ2n) is 7.12. The van der Waals surface area contributed by atoms with Crippen LogP contribution in [0.4, 0.5) is 21.0 Å². The van der Waals surface area contributed by atoms with E-state index in [1.165, 1.54) is 0 Å². The van der Waals surface area contributed by atoms with E-state index in [4.69, 9.17) is 9.68 Å². The lowest BCUT2D eigenvalue weighted by Gasteiger charge is -2.10. The number of hydrogen-bond acceptors (Lipinski definition) is 6. The molecule has 0 radical (unpaired) electrons. The fourth-order valence-electron chi connectivity index (χ4n) is 2.79. The zero-order chi connectivity index (χ0) is 23.6. The van der Waals surface area contributed by atoms with Crippen molar-refractivity contribution in [2.24, 2.45) is 10.3 Å². The molecule has 8 heteroatoms. The van der Waals surface area contributed by atoms with E-state index in [0.717, 1.165) is 16.7 Å². The van der Waals surface area contributed by atoms with Crippen LogP contribution in [0, 0.1) is 6.92 Å². The number of benzene rings is 3. The predicted molar refractivity (Wildman–Crippen MR) is 129 cm³/mol. The summed E-state index contributed by atoms with van der Waals surface area (Å²) in [5, 5.41) is 12.9. The van der Waals surface area contributed by atoms with Gasteiger partial charge in [0.15, 0.2) is 0 Å². The van der Waals surface area contributed by atoms with Crippen molar-refractivity contribution in [2.45, 2.75) is 20.8 Å². The van der Waals surface area contributed by atoms with Crippen LogP contribution in [0.25, 0.3) is 0 Å². The first-order valence-electron chi connectivity index (χ1n) is 10.2. The molecule has 0 heterocycles. The molecule has 168 valence electrons. The maximum atomic E-state index is 12.2. The summed E-state index contributed by atoms with van der Waals surface area (Å²) in [6.45, 7) is 5.29. The molecular formula is C25H24N4O4. The van der Waals surface area contributed by atoms with Crippen molar-refractivity contribution in [1.29, 1.82) is 0 Å². The Bertz CT molecular complexity index is 1180. The molecule has 0 spiro atoms. The molecule has 2 N–H and O–H groups in total. The Hall–Kier alpha value is -4.46. The molecule has 0 unspecified atom stereocenters. The summed E-state index contributed by atoms with van der Waals surface area (Å²) in [6, 6.07) is 23.7. The van der Waals surface area contributed by atoms with Gasteiger partial charge in [-0.2, -0.15) is 0 Å². The van der Waals surface area contributed by atoms with Gasteiger partial charge in [-0.25, -0.2) is 9.59 Å². The van der Waals surface area contributed by atoms with Crippen LogP contribution in [-0.4, -0.2) is 23.6 Å². The second kappa shape index (κ2) is 11.2. The topological polar surface area (TPSA) is 101 Å². The quantitative estimate of drug-likeness (QED) is 0.279. The van der Waals surface area contributed by atoms with E-state index in [1.54, 1.807) is 32.0 Å². The maximum absolute atomic E-state index is 12.2. The van der Waals surface area contributed by atoms with E-state index in [2.05, 4.69) is 20.9 Å². The Morgan fingerprint density at radius 2 is 1.18 bits per heavy atom. The van der Waals surface area contributed by atoms with Crippen LogP contribution in [-0.2, 0) is 9.68 Å². The predicted octanol–water partition coefficient (Wildman–Crippen LogP) is 5.94. The molecule has 0 aliphatic carbocycles. The summed E-state index contributed by atoms with van der Waals surface area (Å²) >= 11 is 0. The van der Waals surface area contributed by atoms with Crippen LogP contribution in [0.15, 0.2) is 89.2 Å². The monoisotopic (exact) mass is 444 g/mol. The van der Waals surface area contributed by atoms with Gasteiger partial charge in [0.1, 0.15) is 0 Å². The summed E-state index contributed by atoms with van der Waals surface area (Å²) < 4.78 is 0. The smallest absolute Gasteiger partial charge is 0.298 e. The van der Waals surface area contributed by atoms with E-state index < -0.39 is 12.2 Å². The van der Waals surface area contributed by atoms with E-state index in [-0.39, 0.29) is 0 Å². The van der Waals surface area contributed by atoms with Crippen molar-refractivity contribution in [3.8, 4) is 0 Å². The number of carbonyl (C=O) groups is 2. The lowest BCUT2D eigenvalue weighted by Crippen LogP contribution is -2.15. The van der Waals surface area contributed by atoms with Gasteiger partial charge in [-0.3, -0.25) is 20.3 Å². The van der Waals surface area contributed by atoms with Crippen molar-refractivity contribution >= 4 is 35.0 Å². The van der Waals surface area contributed by atoms with Crippen molar-refractivity contribution in [2.75, 3.05) is 10.6 Å². The Morgan fingerprint density at radius 3 is 1.70 bits per heavy atom. The highest BCUT2D eigenvalue weighted by Crippen LogP contribution is 2.21. The molecule has 3 aromatic carbocycles. The lowest BCUT2D eigenvalue weighted by molar-refractivity contribution is 0.166. The van der Waals surface area contributed by atoms with Gasteiger partial charge in [-0.1, -0.05) is 77.0 Å². The number of oxime groups is 2. The molecule has 2 amide bonds. The summed E-state index contributed by atoms with van der Waals surface area (Å²) in [7, 11) is 0. The summed E-state index contributed by atoms with van der Waals surface area (Å²) in [5.41, 5.74) is 4.45. The largest absolute Gasteiger partial charge is 0.437 e. The third kappa shape index (κ3) is 7.03. The maximum Gasteiger partial charge on any atom is 0.437 e. The molecule has 0 fully saturated rings. The number of rotatable bonds is 6.